The van der Waals surface area contributed by atoms with Gasteiger partial charge in [0.25, 0.3) is 5.91 Å². The molecule has 0 aliphatic carbocycles. The second kappa shape index (κ2) is 11.3. The lowest BCUT2D eigenvalue weighted by Crippen LogP contribution is -2.48. The fourth-order valence-corrected chi connectivity index (χ4v) is 3.08. The van der Waals surface area contributed by atoms with Gasteiger partial charge in [-0.15, -0.1) is 12.4 Å². The number of carbonyl (C=O) groups is 2. The molecule has 3 rings (SSSR count). The predicted octanol–water partition coefficient (Wildman–Crippen LogP) is 3.04. The molecule has 7 nitrogen and oxygen atoms in total. The predicted molar refractivity (Wildman–Crippen MR) is 120 cm³/mol. The van der Waals surface area contributed by atoms with E-state index in [9.17, 15) is 9.59 Å². The zero-order chi connectivity index (χ0) is 20.6. The van der Waals surface area contributed by atoms with E-state index in [2.05, 4.69) is 9.88 Å². The van der Waals surface area contributed by atoms with Gasteiger partial charge < -0.3 is 9.80 Å². The Morgan fingerprint density at radius 2 is 1.57 bits per heavy atom. The molecular formula is C21H22Cl2N4O3. The van der Waals surface area contributed by atoms with Crippen molar-refractivity contribution in [3.8, 4) is 0 Å². The number of hydrogen-bond acceptors (Lipinski definition) is 5. The molecule has 0 atom stereocenters. The van der Waals surface area contributed by atoms with Crippen LogP contribution < -0.4 is 10.4 Å². The third-order valence-electron chi connectivity index (χ3n) is 4.49. The highest BCUT2D eigenvalue weighted by atomic mass is 35.5. The molecule has 2 heterocycles. The number of hydroxylamine groups is 1. The number of aromatic nitrogens is 1. The Bertz CT molecular complexity index is 924. The third-order valence-corrected chi connectivity index (χ3v) is 4.74. The Balaban J connectivity index is 0.00000320. The van der Waals surface area contributed by atoms with Gasteiger partial charge in [-0.25, -0.2) is 10.5 Å². The van der Waals surface area contributed by atoms with Crippen molar-refractivity contribution in [3.05, 3.63) is 71.0 Å². The van der Waals surface area contributed by atoms with Gasteiger partial charge in [-0.1, -0.05) is 17.7 Å². The maximum Gasteiger partial charge on any atom is 0.267 e. The molecule has 0 unspecified atom stereocenters. The summed E-state index contributed by atoms with van der Waals surface area (Å²) < 4.78 is 0. The standard InChI is InChI=1S/C21H21ClN4O3.ClH/c22-16-4-8-19(9-5-16)25-12-14-26(15-13-25)21(28)11-7-18-3-1-2-17(23-18)6-10-20(27)24-29;/h1-11,29H,12-15H2,(H,24,27);1H/b10-6+,11-7+;. The lowest BCUT2D eigenvalue weighted by Gasteiger charge is -2.35. The minimum Gasteiger partial charge on any atom is -0.368 e. The molecule has 0 spiro atoms. The normalized spacial score (nSPS) is 14.1. The van der Waals surface area contributed by atoms with Crippen molar-refractivity contribution in [3.63, 3.8) is 0 Å². The van der Waals surface area contributed by atoms with E-state index in [1.807, 2.05) is 24.3 Å². The van der Waals surface area contributed by atoms with Crippen LogP contribution in [0.4, 0.5) is 5.69 Å². The van der Waals surface area contributed by atoms with Crippen LogP contribution in [0.25, 0.3) is 12.2 Å². The summed E-state index contributed by atoms with van der Waals surface area (Å²) in [5, 5.41) is 9.20. The van der Waals surface area contributed by atoms with E-state index in [0.717, 1.165) is 18.8 Å². The van der Waals surface area contributed by atoms with Gasteiger partial charge >= 0.3 is 0 Å². The molecule has 0 bridgehead atoms. The molecule has 1 fully saturated rings. The number of pyridine rings is 1. The van der Waals surface area contributed by atoms with Crippen molar-refractivity contribution in [1.29, 1.82) is 0 Å². The van der Waals surface area contributed by atoms with Crippen molar-refractivity contribution in [1.82, 2.24) is 15.4 Å². The molecule has 30 heavy (non-hydrogen) atoms. The molecule has 1 aliphatic rings. The molecule has 1 saturated heterocycles. The molecule has 158 valence electrons. The Labute approximate surface area is 186 Å². The Kier molecular flexibility index (Phi) is 8.86. The second-order valence-electron chi connectivity index (χ2n) is 6.42. The van der Waals surface area contributed by atoms with Crippen LogP contribution in [0.1, 0.15) is 11.4 Å². The minimum atomic E-state index is -0.638. The molecule has 2 amide bonds. The van der Waals surface area contributed by atoms with E-state index < -0.39 is 5.91 Å². The Hall–Kier alpha value is -2.87. The largest absolute Gasteiger partial charge is 0.368 e. The van der Waals surface area contributed by atoms with Crippen molar-refractivity contribution in [2.24, 2.45) is 0 Å². The monoisotopic (exact) mass is 448 g/mol. The average molecular weight is 449 g/mol. The third kappa shape index (κ3) is 6.59. The molecule has 1 aromatic carbocycles. The smallest absolute Gasteiger partial charge is 0.267 e. The van der Waals surface area contributed by atoms with Crippen molar-refractivity contribution < 1.29 is 14.8 Å². The van der Waals surface area contributed by atoms with E-state index in [0.29, 0.717) is 29.5 Å². The minimum absolute atomic E-state index is 0. The fourth-order valence-electron chi connectivity index (χ4n) is 2.95. The zero-order valence-electron chi connectivity index (χ0n) is 16.1. The average Bonchev–Trinajstić information content (AvgIpc) is 2.76. The quantitative estimate of drug-likeness (QED) is 0.417. The number of halogens is 2. The number of nitrogens with zero attached hydrogens (tertiary/aromatic N) is 3. The summed E-state index contributed by atoms with van der Waals surface area (Å²) in [4.78, 5) is 31.9. The number of hydrogen-bond donors (Lipinski definition) is 2. The highest BCUT2D eigenvalue weighted by molar-refractivity contribution is 6.30. The summed E-state index contributed by atoms with van der Waals surface area (Å²) in [5.41, 5.74) is 3.76. The van der Waals surface area contributed by atoms with Gasteiger partial charge in [0.05, 0.1) is 11.4 Å². The highest BCUT2D eigenvalue weighted by Crippen LogP contribution is 2.19. The SMILES string of the molecule is Cl.O=C(/C=C/c1cccc(/C=C/C(=O)N2CCN(c3ccc(Cl)cc3)CC2)n1)NO. The van der Waals surface area contributed by atoms with Gasteiger partial charge in [0.1, 0.15) is 0 Å². The van der Waals surface area contributed by atoms with Crippen molar-refractivity contribution in [2.75, 3.05) is 31.1 Å². The lowest BCUT2D eigenvalue weighted by molar-refractivity contribution is -0.126. The van der Waals surface area contributed by atoms with E-state index in [4.69, 9.17) is 16.8 Å². The zero-order valence-corrected chi connectivity index (χ0v) is 17.6. The van der Waals surface area contributed by atoms with E-state index in [1.54, 1.807) is 29.2 Å². The summed E-state index contributed by atoms with van der Waals surface area (Å²) in [5.74, 6) is -0.705. The first-order valence-corrected chi connectivity index (χ1v) is 9.49. The Morgan fingerprint density at radius 3 is 2.17 bits per heavy atom. The van der Waals surface area contributed by atoms with Crippen LogP contribution in [-0.4, -0.2) is 53.1 Å². The number of anilines is 1. The highest BCUT2D eigenvalue weighted by Gasteiger charge is 2.19. The second-order valence-corrected chi connectivity index (χ2v) is 6.86. The van der Waals surface area contributed by atoms with Crippen LogP contribution in [0.5, 0.6) is 0 Å². The van der Waals surface area contributed by atoms with Gasteiger partial charge in [0, 0.05) is 49.0 Å². The van der Waals surface area contributed by atoms with Crippen LogP contribution in [0.3, 0.4) is 0 Å². The van der Waals surface area contributed by atoms with Crippen LogP contribution in [-0.2, 0) is 9.59 Å². The maximum atomic E-state index is 12.5. The van der Waals surface area contributed by atoms with Crippen LogP contribution in [0.2, 0.25) is 5.02 Å². The number of nitrogens with one attached hydrogen (secondary N) is 1. The summed E-state index contributed by atoms with van der Waals surface area (Å²) in [7, 11) is 0. The molecule has 1 aliphatic heterocycles. The van der Waals surface area contributed by atoms with Gasteiger partial charge in [0.2, 0.25) is 5.91 Å². The first-order valence-electron chi connectivity index (χ1n) is 9.12. The number of amides is 2. The van der Waals surface area contributed by atoms with Gasteiger partial charge in [-0.05, 0) is 48.6 Å². The molecule has 1 aromatic heterocycles. The molecule has 2 aromatic rings. The molecule has 2 N–H and O–H groups in total. The van der Waals surface area contributed by atoms with Crippen LogP contribution in [0.15, 0.2) is 54.6 Å². The Morgan fingerprint density at radius 1 is 0.967 bits per heavy atom. The van der Waals surface area contributed by atoms with Gasteiger partial charge in [-0.3, -0.25) is 14.8 Å². The number of carbonyl (C=O) groups excluding carboxylic acids is 2. The molecule has 0 radical (unpaired) electrons. The van der Waals surface area contributed by atoms with Gasteiger partial charge in [-0.2, -0.15) is 0 Å². The van der Waals surface area contributed by atoms with Crippen molar-refractivity contribution in [2.45, 2.75) is 0 Å². The molecular weight excluding hydrogens is 427 g/mol. The van der Waals surface area contributed by atoms with E-state index in [-0.39, 0.29) is 18.3 Å². The lowest BCUT2D eigenvalue weighted by atomic mass is 10.2. The molecule has 9 heteroatoms. The van der Waals surface area contributed by atoms with Crippen LogP contribution in [0, 0.1) is 0 Å². The van der Waals surface area contributed by atoms with E-state index in [1.165, 1.54) is 23.7 Å². The van der Waals surface area contributed by atoms with Crippen molar-refractivity contribution >= 4 is 53.7 Å². The fraction of sp³-hybridized carbons (Fsp3) is 0.190. The summed E-state index contributed by atoms with van der Waals surface area (Å²) in [6.45, 7) is 2.79. The van der Waals surface area contributed by atoms with Gasteiger partial charge in [0.15, 0.2) is 0 Å². The number of rotatable bonds is 5. The number of benzene rings is 1. The van der Waals surface area contributed by atoms with Crippen LogP contribution >= 0.6 is 24.0 Å². The number of piperazine rings is 1. The summed E-state index contributed by atoms with van der Waals surface area (Å²) in [6.07, 6.45) is 5.80. The topological polar surface area (TPSA) is 85.8 Å². The summed E-state index contributed by atoms with van der Waals surface area (Å²) >= 11 is 5.93. The first-order chi connectivity index (χ1) is 14.0. The maximum absolute atomic E-state index is 12.5. The summed E-state index contributed by atoms with van der Waals surface area (Å²) in [6, 6.07) is 13.0. The van der Waals surface area contributed by atoms with E-state index >= 15 is 0 Å². The molecule has 0 saturated carbocycles. The first kappa shape index (κ1) is 23.4.